The molecule has 0 aliphatic heterocycles. The van der Waals surface area contributed by atoms with E-state index in [1.165, 1.54) is 25.0 Å². The first-order chi connectivity index (χ1) is 9.80. The highest BCUT2D eigenvalue weighted by Gasteiger charge is 2.25. The molecule has 1 fully saturated rings. The molecule has 0 spiro atoms. The predicted octanol–water partition coefficient (Wildman–Crippen LogP) is 2.10. The molecule has 2 aromatic heterocycles. The van der Waals surface area contributed by atoms with Gasteiger partial charge in [0.1, 0.15) is 0 Å². The maximum Gasteiger partial charge on any atom is 0.180 e. The third-order valence-corrected chi connectivity index (χ3v) is 4.88. The highest BCUT2D eigenvalue weighted by atomic mass is 32.2. The van der Waals surface area contributed by atoms with Crippen molar-refractivity contribution in [1.29, 1.82) is 0 Å². The summed E-state index contributed by atoms with van der Waals surface area (Å²) in [5.74, 6) is 8.10. The van der Waals surface area contributed by atoms with Gasteiger partial charge >= 0.3 is 0 Å². The van der Waals surface area contributed by atoms with Crippen molar-refractivity contribution >= 4 is 29.0 Å². The summed E-state index contributed by atoms with van der Waals surface area (Å²) < 4.78 is 1.93. The minimum absolute atomic E-state index is 0.472. The minimum atomic E-state index is 0.472. The average Bonchev–Trinajstić information content (AvgIpc) is 3.08. The van der Waals surface area contributed by atoms with E-state index in [2.05, 4.69) is 39.4 Å². The number of anilines is 2. The summed E-state index contributed by atoms with van der Waals surface area (Å²) in [6.45, 7) is 2.22. The lowest BCUT2D eigenvalue weighted by Gasteiger charge is -2.15. The smallest absolute Gasteiger partial charge is 0.180 e. The van der Waals surface area contributed by atoms with Crippen LogP contribution < -0.4 is 16.6 Å². The quantitative estimate of drug-likeness (QED) is 0.578. The number of fused-ring (bicyclic) bond motifs is 1. The molecular weight excluding hydrogens is 272 g/mol. The van der Waals surface area contributed by atoms with Crippen LogP contribution in [0.15, 0.2) is 18.6 Å². The van der Waals surface area contributed by atoms with E-state index in [4.69, 9.17) is 5.84 Å². The van der Waals surface area contributed by atoms with Crippen LogP contribution in [0.1, 0.15) is 26.2 Å². The maximum atomic E-state index is 5.47. The Morgan fingerprint density at radius 1 is 1.50 bits per heavy atom. The van der Waals surface area contributed by atoms with Crippen molar-refractivity contribution in [2.75, 3.05) is 16.5 Å². The Morgan fingerprint density at radius 2 is 2.40 bits per heavy atom. The molecule has 0 bridgehead atoms. The molecule has 20 heavy (non-hydrogen) atoms. The number of hydrogen-bond donors (Lipinski definition) is 3. The monoisotopic (exact) mass is 292 g/mol. The molecule has 1 aliphatic carbocycles. The Bertz CT molecular complexity index is 583. The lowest BCUT2D eigenvalue weighted by molar-refractivity contribution is 0.752. The van der Waals surface area contributed by atoms with Crippen LogP contribution in [-0.2, 0) is 0 Å². The Balaban J connectivity index is 1.78. The number of hydrogen-bond acceptors (Lipinski definition) is 6. The van der Waals surface area contributed by atoms with Crippen LogP contribution in [0.5, 0.6) is 0 Å². The highest BCUT2D eigenvalue weighted by molar-refractivity contribution is 7.99. The second-order valence-corrected chi connectivity index (χ2v) is 6.59. The van der Waals surface area contributed by atoms with E-state index in [1.807, 2.05) is 16.8 Å². The Kier molecular flexibility index (Phi) is 3.98. The van der Waals surface area contributed by atoms with Crippen molar-refractivity contribution in [2.45, 2.75) is 37.5 Å². The summed E-state index contributed by atoms with van der Waals surface area (Å²) >= 11 is 2.05. The van der Waals surface area contributed by atoms with Crippen LogP contribution >= 0.6 is 11.8 Å². The van der Waals surface area contributed by atoms with Gasteiger partial charge in [0, 0.05) is 23.7 Å². The number of rotatable bonds is 5. The molecule has 1 saturated carbocycles. The minimum Gasteiger partial charge on any atom is -0.364 e. The molecular formula is C13H20N6S. The van der Waals surface area contributed by atoms with Gasteiger partial charge in [0.25, 0.3) is 0 Å². The third-order valence-electron chi connectivity index (χ3n) is 3.65. The maximum absolute atomic E-state index is 5.47. The second-order valence-electron chi connectivity index (χ2n) is 5.01. The molecule has 3 rings (SSSR count). The normalized spacial score (nSPS) is 22.3. The van der Waals surface area contributed by atoms with Gasteiger partial charge in [-0.3, -0.25) is 0 Å². The lowest BCUT2D eigenvalue weighted by atomic mass is 10.2. The summed E-state index contributed by atoms with van der Waals surface area (Å²) in [5.41, 5.74) is 3.44. The summed E-state index contributed by atoms with van der Waals surface area (Å²) in [4.78, 5) is 8.84. The summed E-state index contributed by atoms with van der Waals surface area (Å²) in [7, 11) is 0. The van der Waals surface area contributed by atoms with Crippen LogP contribution in [0.25, 0.3) is 5.65 Å². The van der Waals surface area contributed by atoms with Crippen molar-refractivity contribution in [3.8, 4) is 0 Å². The summed E-state index contributed by atoms with van der Waals surface area (Å²) in [6, 6.07) is 0.472. The van der Waals surface area contributed by atoms with Crippen LogP contribution in [0, 0.1) is 0 Å². The van der Waals surface area contributed by atoms with Crippen LogP contribution in [0.3, 0.4) is 0 Å². The van der Waals surface area contributed by atoms with Crippen molar-refractivity contribution in [2.24, 2.45) is 5.84 Å². The molecule has 1 aliphatic rings. The van der Waals surface area contributed by atoms with Gasteiger partial charge in [-0.1, -0.05) is 6.92 Å². The molecule has 0 amide bonds. The molecule has 2 unspecified atom stereocenters. The van der Waals surface area contributed by atoms with Gasteiger partial charge in [0.15, 0.2) is 17.3 Å². The Hall–Kier alpha value is -1.47. The van der Waals surface area contributed by atoms with Crippen molar-refractivity contribution in [3.05, 3.63) is 18.6 Å². The van der Waals surface area contributed by atoms with E-state index in [-0.39, 0.29) is 0 Å². The van der Waals surface area contributed by atoms with Crippen molar-refractivity contribution in [3.63, 3.8) is 0 Å². The van der Waals surface area contributed by atoms with Crippen molar-refractivity contribution in [1.82, 2.24) is 14.4 Å². The van der Waals surface area contributed by atoms with E-state index < -0.39 is 0 Å². The number of nitrogens with zero attached hydrogens (tertiary/aromatic N) is 3. The van der Waals surface area contributed by atoms with E-state index in [0.717, 1.165) is 16.7 Å². The van der Waals surface area contributed by atoms with E-state index >= 15 is 0 Å². The van der Waals surface area contributed by atoms with Gasteiger partial charge in [-0.25, -0.2) is 15.8 Å². The first kappa shape index (κ1) is 13.5. The van der Waals surface area contributed by atoms with Gasteiger partial charge < -0.3 is 15.1 Å². The van der Waals surface area contributed by atoms with E-state index in [0.29, 0.717) is 11.9 Å². The SMILES string of the molecule is CCSC1CCC(Nc2nc(NN)cn3ccnc23)C1. The standard InChI is InChI=1S/C13H20N6S/c1-2-20-10-4-3-9(7-10)16-12-13-15-5-6-19(13)8-11(17-12)18-14/h5-6,8-10,18H,2-4,7,14H2,1H3,(H,16,17). The zero-order valence-electron chi connectivity index (χ0n) is 11.5. The zero-order chi connectivity index (χ0) is 13.9. The zero-order valence-corrected chi connectivity index (χ0v) is 12.4. The molecule has 0 radical (unpaired) electrons. The highest BCUT2D eigenvalue weighted by Crippen LogP contribution is 2.32. The number of hydrazine groups is 1. The number of nitrogen functional groups attached to an aromatic ring is 1. The van der Waals surface area contributed by atoms with Gasteiger partial charge in [-0.15, -0.1) is 0 Å². The molecule has 4 N–H and O–H groups in total. The van der Waals surface area contributed by atoms with Gasteiger partial charge in [-0.05, 0) is 25.0 Å². The third kappa shape index (κ3) is 2.69. The summed E-state index contributed by atoms with van der Waals surface area (Å²) in [6.07, 6.45) is 9.15. The lowest BCUT2D eigenvalue weighted by Crippen LogP contribution is -2.19. The summed E-state index contributed by atoms with van der Waals surface area (Å²) in [5, 5.41) is 4.30. The number of thioether (sulfide) groups is 1. The van der Waals surface area contributed by atoms with Gasteiger partial charge in [0.05, 0.1) is 6.20 Å². The first-order valence-corrected chi connectivity index (χ1v) is 8.03. The van der Waals surface area contributed by atoms with Crippen LogP contribution in [0.4, 0.5) is 11.6 Å². The predicted molar refractivity (Wildman–Crippen MR) is 84.0 cm³/mol. The van der Waals surface area contributed by atoms with Gasteiger partial charge in [-0.2, -0.15) is 11.8 Å². The Morgan fingerprint density at radius 3 is 3.20 bits per heavy atom. The largest absolute Gasteiger partial charge is 0.364 e. The van der Waals surface area contributed by atoms with Crippen molar-refractivity contribution < 1.29 is 0 Å². The molecule has 108 valence electrons. The van der Waals surface area contributed by atoms with Crippen LogP contribution in [-0.4, -0.2) is 31.4 Å². The molecule has 2 heterocycles. The fraction of sp³-hybridized carbons (Fsp3) is 0.538. The molecule has 6 nitrogen and oxygen atoms in total. The Labute approximate surface area is 122 Å². The van der Waals surface area contributed by atoms with E-state index in [1.54, 1.807) is 6.20 Å². The fourth-order valence-corrected chi connectivity index (χ4v) is 3.89. The molecule has 7 heteroatoms. The first-order valence-electron chi connectivity index (χ1n) is 6.98. The molecule has 2 atom stereocenters. The number of aromatic nitrogens is 3. The average molecular weight is 292 g/mol. The second kappa shape index (κ2) is 5.88. The molecule has 0 aromatic carbocycles. The number of nitrogens with one attached hydrogen (secondary N) is 2. The van der Waals surface area contributed by atoms with E-state index in [9.17, 15) is 0 Å². The topological polar surface area (TPSA) is 80.3 Å². The van der Waals surface area contributed by atoms with Crippen LogP contribution in [0.2, 0.25) is 0 Å². The molecule has 0 saturated heterocycles. The fourth-order valence-electron chi connectivity index (χ4n) is 2.75. The number of imidazole rings is 1. The van der Waals surface area contributed by atoms with Gasteiger partial charge in [0.2, 0.25) is 0 Å². The number of nitrogens with two attached hydrogens (primary N) is 1. The molecule has 2 aromatic rings.